The van der Waals surface area contributed by atoms with Gasteiger partial charge in [-0.25, -0.2) is 0 Å². The van der Waals surface area contributed by atoms with Crippen molar-refractivity contribution >= 4 is 18.4 Å². The highest BCUT2D eigenvalue weighted by atomic mass is 35.5. The summed E-state index contributed by atoms with van der Waals surface area (Å²) in [5, 5.41) is 3.41. The molecule has 112 valence electrons. The fraction of sp³-hybridized carbons (Fsp3) is 0.929. The maximum atomic E-state index is 11.6. The van der Waals surface area contributed by atoms with E-state index < -0.39 is 0 Å². The molecule has 0 bridgehead atoms. The van der Waals surface area contributed by atoms with E-state index in [1.165, 1.54) is 39.6 Å². The Morgan fingerprint density at radius 1 is 1.32 bits per heavy atom. The Hall–Kier alpha value is -0.320. The SMILES string of the molecule is COC(=O)C1CCN(CC2CCNCC2)CC1C.Cl. The molecule has 2 aliphatic rings. The number of carbonyl (C=O) groups excluding carboxylic acids is 1. The zero-order valence-electron chi connectivity index (χ0n) is 12.1. The fourth-order valence-electron chi connectivity index (χ4n) is 3.33. The van der Waals surface area contributed by atoms with Crippen LogP contribution >= 0.6 is 12.4 Å². The Morgan fingerprint density at radius 2 is 2.00 bits per heavy atom. The molecule has 0 radical (unpaired) electrons. The first-order valence-corrected chi connectivity index (χ1v) is 7.21. The van der Waals surface area contributed by atoms with Gasteiger partial charge in [-0.1, -0.05) is 6.92 Å². The van der Waals surface area contributed by atoms with Gasteiger partial charge in [0.25, 0.3) is 0 Å². The summed E-state index contributed by atoms with van der Waals surface area (Å²) in [4.78, 5) is 14.2. The summed E-state index contributed by atoms with van der Waals surface area (Å²) >= 11 is 0. The van der Waals surface area contributed by atoms with Crippen molar-refractivity contribution in [3.05, 3.63) is 0 Å². The third kappa shape index (κ3) is 4.62. The molecule has 5 heteroatoms. The number of carbonyl (C=O) groups is 1. The molecule has 1 N–H and O–H groups in total. The minimum atomic E-state index is -0.0241. The van der Waals surface area contributed by atoms with E-state index in [0.29, 0.717) is 5.92 Å². The Labute approximate surface area is 122 Å². The zero-order chi connectivity index (χ0) is 13.0. The maximum Gasteiger partial charge on any atom is 0.309 e. The summed E-state index contributed by atoms with van der Waals surface area (Å²) < 4.78 is 4.88. The predicted octanol–water partition coefficient (Wildman–Crippen LogP) is 1.54. The zero-order valence-corrected chi connectivity index (χ0v) is 12.9. The van der Waals surface area contributed by atoms with Crippen LogP contribution in [-0.4, -0.2) is 50.7 Å². The topological polar surface area (TPSA) is 41.6 Å². The number of hydrogen-bond acceptors (Lipinski definition) is 4. The van der Waals surface area contributed by atoms with Gasteiger partial charge in [-0.05, 0) is 50.7 Å². The van der Waals surface area contributed by atoms with E-state index in [4.69, 9.17) is 4.74 Å². The van der Waals surface area contributed by atoms with Crippen LogP contribution in [0.5, 0.6) is 0 Å². The summed E-state index contributed by atoms with van der Waals surface area (Å²) in [6.45, 7) is 7.81. The van der Waals surface area contributed by atoms with E-state index >= 15 is 0 Å². The van der Waals surface area contributed by atoms with E-state index in [1.54, 1.807) is 0 Å². The van der Waals surface area contributed by atoms with Crippen molar-refractivity contribution < 1.29 is 9.53 Å². The number of hydrogen-bond donors (Lipinski definition) is 1. The second kappa shape index (κ2) is 8.08. The molecule has 0 spiro atoms. The molecular formula is C14H27ClN2O2. The highest BCUT2D eigenvalue weighted by Gasteiger charge is 2.32. The third-order valence-electron chi connectivity index (χ3n) is 4.47. The summed E-state index contributed by atoms with van der Waals surface area (Å²) in [6.07, 6.45) is 3.55. The van der Waals surface area contributed by atoms with E-state index in [-0.39, 0.29) is 24.3 Å². The lowest BCUT2D eigenvalue weighted by Gasteiger charge is -2.38. The monoisotopic (exact) mass is 290 g/mol. The second-order valence-electron chi connectivity index (χ2n) is 5.85. The number of halogens is 1. The highest BCUT2D eigenvalue weighted by Crippen LogP contribution is 2.26. The van der Waals surface area contributed by atoms with Gasteiger partial charge in [-0.3, -0.25) is 4.79 Å². The normalized spacial score (nSPS) is 29.6. The van der Waals surface area contributed by atoms with Gasteiger partial charge in [0.1, 0.15) is 0 Å². The van der Waals surface area contributed by atoms with E-state index in [1.807, 2.05) is 0 Å². The maximum absolute atomic E-state index is 11.6. The standard InChI is InChI=1S/C14H26N2O2.ClH/c1-11-9-16(8-5-13(11)14(17)18-2)10-12-3-6-15-7-4-12;/h11-13,15H,3-10H2,1-2H3;1H. The van der Waals surface area contributed by atoms with E-state index in [9.17, 15) is 4.79 Å². The molecule has 0 aliphatic carbocycles. The Balaban J connectivity index is 0.00000180. The molecule has 4 nitrogen and oxygen atoms in total. The number of nitrogens with zero attached hydrogens (tertiary/aromatic N) is 1. The first-order chi connectivity index (χ1) is 8.70. The number of esters is 1. The number of piperidine rings is 2. The number of rotatable bonds is 3. The van der Waals surface area contributed by atoms with Crippen LogP contribution in [0.4, 0.5) is 0 Å². The number of likely N-dealkylation sites (tertiary alicyclic amines) is 1. The van der Waals surface area contributed by atoms with Crippen LogP contribution in [0.25, 0.3) is 0 Å². The van der Waals surface area contributed by atoms with Crippen LogP contribution in [-0.2, 0) is 9.53 Å². The summed E-state index contributed by atoms with van der Waals surface area (Å²) in [6, 6.07) is 0. The molecule has 2 rings (SSSR count). The van der Waals surface area contributed by atoms with Crippen molar-refractivity contribution in [3.63, 3.8) is 0 Å². The Kier molecular flexibility index (Phi) is 7.11. The predicted molar refractivity (Wildman–Crippen MR) is 78.6 cm³/mol. The van der Waals surface area contributed by atoms with Crippen molar-refractivity contribution in [3.8, 4) is 0 Å². The highest BCUT2D eigenvalue weighted by molar-refractivity contribution is 5.85. The van der Waals surface area contributed by atoms with Crippen LogP contribution < -0.4 is 5.32 Å². The molecule has 19 heavy (non-hydrogen) atoms. The lowest BCUT2D eigenvalue weighted by Crippen LogP contribution is -2.45. The Morgan fingerprint density at radius 3 is 2.58 bits per heavy atom. The quantitative estimate of drug-likeness (QED) is 0.801. The molecule has 0 amide bonds. The van der Waals surface area contributed by atoms with Gasteiger partial charge in [0.05, 0.1) is 13.0 Å². The van der Waals surface area contributed by atoms with Gasteiger partial charge in [0.15, 0.2) is 0 Å². The second-order valence-corrected chi connectivity index (χ2v) is 5.85. The molecule has 2 heterocycles. The van der Waals surface area contributed by atoms with Crippen molar-refractivity contribution in [1.82, 2.24) is 10.2 Å². The summed E-state index contributed by atoms with van der Waals surface area (Å²) in [5.74, 6) is 1.35. The molecule has 0 aromatic carbocycles. The van der Waals surface area contributed by atoms with Crippen LogP contribution in [0.15, 0.2) is 0 Å². The smallest absolute Gasteiger partial charge is 0.309 e. The van der Waals surface area contributed by atoms with Gasteiger partial charge in [0.2, 0.25) is 0 Å². The molecule has 2 atom stereocenters. The average molecular weight is 291 g/mol. The molecule has 0 aromatic rings. The van der Waals surface area contributed by atoms with Gasteiger partial charge >= 0.3 is 5.97 Å². The first-order valence-electron chi connectivity index (χ1n) is 7.21. The largest absolute Gasteiger partial charge is 0.469 e. The first kappa shape index (κ1) is 16.7. The number of methoxy groups -OCH3 is 1. The van der Waals surface area contributed by atoms with E-state index in [2.05, 4.69) is 17.1 Å². The molecule has 2 unspecified atom stereocenters. The minimum absolute atomic E-state index is 0. The van der Waals surface area contributed by atoms with Gasteiger partial charge in [-0.2, -0.15) is 0 Å². The van der Waals surface area contributed by atoms with Crippen LogP contribution in [0.2, 0.25) is 0 Å². The Bertz CT molecular complexity index is 283. The molecule has 0 saturated carbocycles. The van der Waals surface area contributed by atoms with Crippen molar-refractivity contribution in [1.29, 1.82) is 0 Å². The van der Waals surface area contributed by atoms with Gasteiger partial charge in [-0.15, -0.1) is 12.4 Å². The third-order valence-corrected chi connectivity index (χ3v) is 4.47. The minimum Gasteiger partial charge on any atom is -0.469 e. The van der Waals surface area contributed by atoms with Crippen molar-refractivity contribution in [2.75, 3.05) is 39.8 Å². The molecule has 2 fully saturated rings. The number of nitrogens with one attached hydrogen (secondary N) is 1. The van der Waals surface area contributed by atoms with Crippen LogP contribution in [0.3, 0.4) is 0 Å². The van der Waals surface area contributed by atoms with Crippen LogP contribution in [0.1, 0.15) is 26.2 Å². The average Bonchev–Trinajstić information content (AvgIpc) is 2.39. The molecular weight excluding hydrogens is 264 g/mol. The fourth-order valence-corrected chi connectivity index (χ4v) is 3.33. The van der Waals surface area contributed by atoms with Crippen molar-refractivity contribution in [2.24, 2.45) is 17.8 Å². The molecule has 2 saturated heterocycles. The van der Waals surface area contributed by atoms with Crippen LogP contribution in [0, 0.1) is 17.8 Å². The lowest BCUT2D eigenvalue weighted by molar-refractivity contribution is -0.149. The number of ether oxygens (including phenoxy) is 1. The lowest BCUT2D eigenvalue weighted by atomic mass is 9.86. The summed E-state index contributed by atoms with van der Waals surface area (Å²) in [7, 11) is 1.50. The van der Waals surface area contributed by atoms with Gasteiger partial charge < -0.3 is 15.0 Å². The van der Waals surface area contributed by atoms with Gasteiger partial charge in [0, 0.05) is 13.1 Å². The van der Waals surface area contributed by atoms with E-state index in [0.717, 1.165) is 25.4 Å². The molecule has 0 aromatic heterocycles. The molecule has 2 aliphatic heterocycles. The summed E-state index contributed by atoms with van der Waals surface area (Å²) in [5.41, 5.74) is 0. The van der Waals surface area contributed by atoms with Crippen molar-refractivity contribution in [2.45, 2.75) is 26.2 Å².